The minimum absolute atomic E-state index is 0.0276. The lowest BCUT2D eigenvalue weighted by atomic mass is 10.1. The van der Waals surface area contributed by atoms with Crippen LogP contribution >= 0.6 is 0 Å². The van der Waals surface area contributed by atoms with Crippen LogP contribution in [0.25, 0.3) is 22.2 Å². The van der Waals surface area contributed by atoms with Gasteiger partial charge >= 0.3 is 6.03 Å². The summed E-state index contributed by atoms with van der Waals surface area (Å²) in [5.41, 5.74) is 2.41. The first-order valence-corrected chi connectivity index (χ1v) is 14.2. The van der Waals surface area contributed by atoms with E-state index in [1.54, 1.807) is 17.1 Å². The van der Waals surface area contributed by atoms with Crippen molar-refractivity contribution < 1.29 is 22.3 Å². The predicted molar refractivity (Wildman–Crippen MR) is 153 cm³/mol. The number of halogens is 1. The number of aromatic nitrogens is 5. The molecule has 0 unspecified atom stereocenters. The third kappa shape index (κ3) is 6.73. The summed E-state index contributed by atoms with van der Waals surface area (Å²) >= 11 is 0. The number of amides is 2. The van der Waals surface area contributed by atoms with Gasteiger partial charge in [-0.3, -0.25) is 9.40 Å². The van der Waals surface area contributed by atoms with Gasteiger partial charge in [-0.15, -0.1) is 0 Å². The quantitative estimate of drug-likeness (QED) is 0.221. The van der Waals surface area contributed by atoms with Crippen LogP contribution < -0.4 is 20.1 Å². The van der Waals surface area contributed by atoms with E-state index in [1.165, 1.54) is 36.8 Å². The summed E-state index contributed by atoms with van der Waals surface area (Å²) in [5, 5.41) is 10.7. The lowest BCUT2D eigenvalue weighted by molar-refractivity contribution is 0.262. The zero-order valence-corrected chi connectivity index (χ0v) is 23.0. The minimum atomic E-state index is -3.53. The highest BCUT2D eigenvalue weighted by Crippen LogP contribution is 2.31. The van der Waals surface area contributed by atoms with Gasteiger partial charge in [0, 0.05) is 47.7 Å². The molecule has 2 aromatic carbocycles. The van der Waals surface area contributed by atoms with E-state index >= 15 is 0 Å². The van der Waals surface area contributed by atoms with E-state index in [4.69, 9.17) is 4.74 Å². The summed E-state index contributed by atoms with van der Waals surface area (Å²) in [5.74, 6) is -0.323. The monoisotopic (exact) mass is 576 g/mol. The minimum Gasteiger partial charge on any atom is -0.457 e. The summed E-state index contributed by atoms with van der Waals surface area (Å²) < 4.78 is 47.4. The number of nitrogens with zero attached hydrogens (tertiary/aromatic N) is 5. The van der Waals surface area contributed by atoms with Gasteiger partial charge in [0.05, 0.1) is 23.1 Å². The maximum Gasteiger partial charge on any atom is 0.323 e. The van der Waals surface area contributed by atoms with E-state index in [0.717, 1.165) is 28.8 Å². The summed E-state index contributed by atoms with van der Waals surface area (Å²) in [6.07, 6.45) is 7.22. The Morgan fingerprint density at radius 3 is 2.54 bits per heavy atom. The summed E-state index contributed by atoms with van der Waals surface area (Å²) in [6, 6.07) is 11.7. The maximum atomic E-state index is 14.9. The smallest absolute Gasteiger partial charge is 0.323 e. The van der Waals surface area contributed by atoms with Crippen LogP contribution in [0.15, 0.2) is 73.4 Å². The number of hydrogen-bond donors (Lipinski definition) is 3. The van der Waals surface area contributed by atoms with Gasteiger partial charge in [0.15, 0.2) is 0 Å². The highest BCUT2D eigenvalue weighted by Gasteiger charge is 2.17. The van der Waals surface area contributed by atoms with Crippen molar-refractivity contribution in [1.29, 1.82) is 0 Å². The molecule has 0 bridgehead atoms. The number of sulfonamides is 1. The molecule has 3 heterocycles. The molecular weight excluding hydrogens is 551 g/mol. The SMILES string of the molecule is CC(C)n1cc(NC(=O)Nc2ccc(Oc3ccnc(NS(C)(=O)=O)c3)cc2F)c(-c2ccc3ncncc3c2)n1. The summed E-state index contributed by atoms with van der Waals surface area (Å²) in [6.45, 7) is 3.92. The molecule has 3 N–H and O–H groups in total. The molecule has 0 radical (unpaired) electrons. The van der Waals surface area contributed by atoms with Crippen molar-refractivity contribution in [2.45, 2.75) is 19.9 Å². The van der Waals surface area contributed by atoms with Gasteiger partial charge in [-0.25, -0.2) is 32.6 Å². The number of rotatable bonds is 8. The van der Waals surface area contributed by atoms with Crippen molar-refractivity contribution in [1.82, 2.24) is 24.7 Å². The average Bonchev–Trinajstić information content (AvgIpc) is 3.33. The topological polar surface area (TPSA) is 153 Å². The number of pyridine rings is 1. The molecule has 0 aliphatic carbocycles. The third-order valence-corrected chi connectivity index (χ3v) is 6.31. The zero-order chi connectivity index (χ0) is 29.1. The van der Waals surface area contributed by atoms with Gasteiger partial charge < -0.3 is 15.4 Å². The molecule has 14 heteroatoms. The fraction of sp³-hybridized carbons (Fsp3) is 0.148. The molecule has 0 saturated carbocycles. The van der Waals surface area contributed by atoms with Crippen LogP contribution in [-0.4, -0.2) is 45.4 Å². The number of benzene rings is 2. The van der Waals surface area contributed by atoms with E-state index < -0.39 is 21.9 Å². The molecule has 2 amide bonds. The van der Waals surface area contributed by atoms with Gasteiger partial charge in [-0.05, 0) is 44.2 Å². The second-order valence-corrected chi connectivity index (χ2v) is 11.1. The van der Waals surface area contributed by atoms with Crippen molar-refractivity contribution in [3.8, 4) is 22.8 Å². The van der Waals surface area contributed by atoms with Gasteiger partial charge in [0.25, 0.3) is 0 Å². The highest BCUT2D eigenvalue weighted by molar-refractivity contribution is 7.92. The Balaban J connectivity index is 1.32. The number of fused-ring (bicyclic) bond motifs is 1. The van der Waals surface area contributed by atoms with Crippen LogP contribution in [0, 0.1) is 5.82 Å². The number of ether oxygens (including phenoxy) is 1. The first-order chi connectivity index (χ1) is 19.5. The zero-order valence-electron chi connectivity index (χ0n) is 22.2. The van der Waals surface area contributed by atoms with Crippen LogP contribution in [0.4, 0.5) is 26.4 Å². The molecule has 41 heavy (non-hydrogen) atoms. The molecule has 0 aliphatic rings. The van der Waals surface area contributed by atoms with E-state index in [9.17, 15) is 17.6 Å². The summed E-state index contributed by atoms with van der Waals surface area (Å²) in [7, 11) is -3.53. The molecule has 0 aliphatic heterocycles. The normalized spacial score (nSPS) is 11.4. The fourth-order valence-corrected chi connectivity index (χ4v) is 4.38. The van der Waals surface area contributed by atoms with Crippen molar-refractivity contribution in [3.63, 3.8) is 0 Å². The van der Waals surface area contributed by atoms with E-state index in [0.29, 0.717) is 11.4 Å². The Morgan fingerprint density at radius 1 is 1.00 bits per heavy atom. The number of carbonyl (C=O) groups excluding carboxylic acids is 1. The Bertz CT molecular complexity index is 1860. The molecule has 3 aromatic heterocycles. The molecule has 0 spiro atoms. The number of hydrogen-bond acceptors (Lipinski definition) is 8. The molecule has 0 fully saturated rings. The van der Waals surface area contributed by atoms with Gasteiger partial charge in [-0.2, -0.15) is 5.10 Å². The van der Waals surface area contributed by atoms with Crippen LogP contribution in [0.2, 0.25) is 0 Å². The van der Waals surface area contributed by atoms with Crippen molar-refractivity contribution in [2.24, 2.45) is 0 Å². The van der Waals surface area contributed by atoms with Crippen molar-refractivity contribution in [2.75, 3.05) is 21.6 Å². The second-order valence-electron chi connectivity index (χ2n) is 9.34. The van der Waals surface area contributed by atoms with Gasteiger partial charge in [0.2, 0.25) is 10.0 Å². The van der Waals surface area contributed by atoms with Gasteiger partial charge in [0.1, 0.15) is 35.2 Å². The Hall–Kier alpha value is -5.11. The molecule has 12 nitrogen and oxygen atoms in total. The largest absolute Gasteiger partial charge is 0.457 e. The lowest BCUT2D eigenvalue weighted by Crippen LogP contribution is -2.20. The molecular formula is C27H25FN8O4S. The number of urea groups is 1. The average molecular weight is 577 g/mol. The van der Waals surface area contributed by atoms with Crippen LogP contribution in [0.1, 0.15) is 19.9 Å². The third-order valence-electron chi connectivity index (χ3n) is 5.73. The standard InChI is InChI=1S/C27H25FN8O4S/c1-16(2)36-14-24(26(34-36)17-4-6-22-18(10-17)13-29-15-31-22)33-27(37)32-23-7-5-19(11-21(23)28)40-20-8-9-30-25(12-20)35-41(3,38)39/h4-16H,1-3H3,(H,30,35)(H2,32,33,37). The molecule has 5 rings (SSSR count). The molecule has 5 aromatic rings. The van der Waals surface area contributed by atoms with Crippen molar-refractivity contribution >= 4 is 44.1 Å². The van der Waals surface area contributed by atoms with Crippen molar-refractivity contribution in [3.05, 3.63) is 79.3 Å². The number of nitrogens with one attached hydrogen (secondary N) is 3. The van der Waals surface area contributed by atoms with Crippen LogP contribution in [0.3, 0.4) is 0 Å². The first-order valence-electron chi connectivity index (χ1n) is 12.3. The van der Waals surface area contributed by atoms with E-state index in [-0.39, 0.29) is 29.0 Å². The number of carbonyl (C=O) groups is 1. The Morgan fingerprint density at radius 2 is 1.78 bits per heavy atom. The van der Waals surface area contributed by atoms with E-state index in [1.807, 2.05) is 32.0 Å². The molecule has 210 valence electrons. The van der Waals surface area contributed by atoms with Crippen LogP contribution in [0.5, 0.6) is 11.5 Å². The van der Waals surface area contributed by atoms with E-state index in [2.05, 4.69) is 35.4 Å². The van der Waals surface area contributed by atoms with Crippen LogP contribution in [-0.2, 0) is 10.0 Å². The highest BCUT2D eigenvalue weighted by atomic mass is 32.2. The molecule has 0 atom stereocenters. The Labute approximate surface area is 234 Å². The maximum absolute atomic E-state index is 14.9. The second kappa shape index (κ2) is 11.2. The van der Waals surface area contributed by atoms with Gasteiger partial charge in [-0.1, -0.05) is 6.07 Å². The summed E-state index contributed by atoms with van der Waals surface area (Å²) in [4.78, 5) is 25.1. The lowest BCUT2D eigenvalue weighted by Gasteiger charge is -2.11. The fourth-order valence-electron chi connectivity index (χ4n) is 3.89. The first kappa shape index (κ1) is 27.5. The predicted octanol–water partition coefficient (Wildman–Crippen LogP) is 5.42. The molecule has 0 saturated heterocycles. The number of anilines is 3. The Kier molecular flexibility index (Phi) is 7.48.